The summed E-state index contributed by atoms with van der Waals surface area (Å²) in [6, 6.07) is 0. The molecule has 1 rings (SSSR count). The summed E-state index contributed by atoms with van der Waals surface area (Å²) in [7, 11) is 0. The summed E-state index contributed by atoms with van der Waals surface area (Å²) in [5.74, 6) is 2.25. The molecule has 0 aromatic rings. The van der Waals surface area contributed by atoms with E-state index in [1.165, 1.54) is 0 Å². The third-order valence-corrected chi connectivity index (χ3v) is 1.81. The van der Waals surface area contributed by atoms with Gasteiger partial charge in [0.25, 0.3) is 0 Å². The Balaban J connectivity index is 2.47. The van der Waals surface area contributed by atoms with Crippen molar-refractivity contribution in [2.75, 3.05) is 6.61 Å². The van der Waals surface area contributed by atoms with Crippen LogP contribution in [0.25, 0.3) is 0 Å². The second kappa shape index (κ2) is 3.87. The molecule has 1 heterocycles. The fourth-order valence-corrected chi connectivity index (χ4v) is 1.14. The van der Waals surface area contributed by atoms with Crippen LogP contribution in [0.1, 0.15) is 6.92 Å². The first-order valence-electron chi connectivity index (χ1n) is 3.73. The molecule has 4 heteroatoms. The molecule has 1 saturated heterocycles. The SMILES string of the molecule is C#CCO[C@@H]1[C@@H](O)[C@H](C)O[C@@H]1O. The number of hydrogen-bond donors (Lipinski definition) is 2. The first kappa shape index (κ1) is 9.49. The van der Waals surface area contributed by atoms with E-state index >= 15 is 0 Å². The van der Waals surface area contributed by atoms with E-state index in [9.17, 15) is 10.2 Å². The number of aliphatic hydroxyl groups is 2. The Kier molecular flexibility index (Phi) is 3.06. The van der Waals surface area contributed by atoms with Gasteiger partial charge in [-0.3, -0.25) is 0 Å². The Hall–Kier alpha value is -0.600. The lowest BCUT2D eigenvalue weighted by Crippen LogP contribution is -2.34. The van der Waals surface area contributed by atoms with Crippen LogP contribution in [0.3, 0.4) is 0 Å². The van der Waals surface area contributed by atoms with Crippen LogP contribution >= 0.6 is 0 Å². The summed E-state index contributed by atoms with van der Waals surface area (Å²) in [5, 5.41) is 18.6. The zero-order chi connectivity index (χ0) is 9.14. The fourth-order valence-electron chi connectivity index (χ4n) is 1.14. The summed E-state index contributed by atoms with van der Waals surface area (Å²) in [4.78, 5) is 0. The van der Waals surface area contributed by atoms with E-state index in [1.54, 1.807) is 6.92 Å². The van der Waals surface area contributed by atoms with E-state index in [1.807, 2.05) is 0 Å². The van der Waals surface area contributed by atoms with Gasteiger partial charge in [0.15, 0.2) is 6.29 Å². The van der Waals surface area contributed by atoms with Gasteiger partial charge in [0.05, 0.1) is 6.10 Å². The normalized spacial score (nSPS) is 41.2. The highest BCUT2D eigenvalue weighted by Gasteiger charge is 2.41. The van der Waals surface area contributed by atoms with Crippen LogP contribution in [0.2, 0.25) is 0 Å². The standard InChI is InChI=1S/C8H12O4/c1-3-4-11-7-6(9)5(2)12-8(7)10/h1,5-10H,4H2,2H3/t5-,6-,7+,8-/m0/s1. The largest absolute Gasteiger partial charge is 0.387 e. The van der Waals surface area contributed by atoms with Crippen molar-refractivity contribution in [1.82, 2.24) is 0 Å². The van der Waals surface area contributed by atoms with E-state index in [2.05, 4.69) is 5.92 Å². The average Bonchev–Trinajstić information content (AvgIpc) is 2.25. The summed E-state index contributed by atoms with van der Waals surface area (Å²) in [5.41, 5.74) is 0. The molecule has 0 aliphatic carbocycles. The summed E-state index contributed by atoms with van der Waals surface area (Å²) < 4.78 is 9.88. The maximum absolute atomic E-state index is 9.38. The lowest BCUT2D eigenvalue weighted by molar-refractivity contribution is -0.137. The Bertz CT molecular complexity index is 186. The third kappa shape index (κ3) is 1.76. The Morgan fingerprint density at radius 2 is 2.25 bits per heavy atom. The molecule has 0 radical (unpaired) electrons. The molecule has 0 aromatic carbocycles. The maximum atomic E-state index is 9.38. The van der Waals surface area contributed by atoms with Gasteiger partial charge >= 0.3 is 0 Å². The number of rotatable bonds is 2. The Labute approximate surface area is 71.1 Å². The van der Waals surface area contributed by atoms with Crippen LogP contribution in [0.15, 0.2) is 0 Å². The zero-order valence-corrected chi connectivity index (χ0v) is 6.80. The van der Waals surface area contributed by atoms with Gasteiger partial charge in [-0.25, -0.2) is 0 Å². The van der Waals surface area contributed by atoms with Crippen molar-refractivity contribution in [1.29, 1.82) is 0 Å². The molecular formula is C8H12O4. The molecule has 0 unspecified atom stereocenters. The van der Waals surface area contributed by atoms with Crippen LogP contribution in [0.5, 0.6) is 0 Å². The highest BCUT2D eigenvalue weighted by molar-refractivity contribution is 4.88. The third-order valence-electron chi connectivity index (χ3n) is 1.81. The van der Waals surface area contributed by atoms with E-state index in [-0.39, 0.29) is 6.61 Å². The van der Waals surface area contributed by atoms with Crippen LogP contribution in [-0.4, -0.2) is 41.4 Å². The van der Waals surface area contributed by atoms with Crippen molar-refractivity contribution in [3.05, 3.63) is 0 Å². The second-order valence-electron chi connectivity index (χ2n) is 2.70. The number of terminal acetylenes is 1. The predicted octanol–water partition coefficient (Wildman–Crippen LogP) is -0.897. The van der Waals surface area contributed by atoms with E-state index in [0.717, 1.165) is 0 Å². The van der Waals surface area contributed by atoms with Gasteiger partial charge in [-0.2, -0.15) is 0 Å². The minimum Gasteiger partial charge on any atom is -0.387 e. The number of aliphatic hydroxyl groups excluding tert-OH is 2. The molecular weight excluding hydrogens is 160 g/mol. The highest BCUT2D eigenvalue weighted by atomic mass is 16.7. The fraction of sp³-hybridized carbons (Fsp3) is 0.750. The van der Waals surface area contributed by atoms with Crippen molar-refractivity contribution in [3.63, 3.8) is 0 Å². The maximum Gasteiger partial charge on any atom is 0.184 e. The minimum absolute atomic E-state index is 0.0644. The first-order chi connectivity index (χ1) is 5.66. The smallest absolute Gasteiger partial charge is 0.184 e. The van der Waals surface area contributed by atoms with E-state index in [0.29, 0.717) is 0 Å². The molecule has 2 N–H and O–H groups in total. The molecule has 4 atom stereocenters. The molecule has 4 nitrogen and oxygen atoms in total. The summed E-state index contributed by atoms with van der Waals surface area (Å²) in [6.07, 6.45) is 1.92. The van der Waals surface area contributed by atoms with Gasteiger partial charge in [-0.15, -0.1) is 6.42 Å². The predicted molar refractivity (Wildman–Crippen MR) is 41.1 cm³/mol. The zero-order valence-electron chi connectivity index (χ0n) is 6.80. The van der Waals surface area contributed by atoms with E-state index < -0.39 is 24.6 Å². The van der Waals surface area contributed by atoms with Crippen LogP contribution in [-0.2, 0) is 9.47 Å². The number of ether oxygens (including phenoxy) is 2. The average molecular weight is 172 g/mol. The first-order valence-corrected chi connectivity index (χ1v) is 3.73. The van der Waals surface area contributed by atoms with Crippen LogP contribution in [0, 0.1) is 12.3 Å². The van der Waals surface area contributed by atoms with Gasteiger partial charge < -0.3 is 19.7 Å². The van der Waals surface area contributed by atoms with Gasteiger partial charge in [0, 0.05) is 0 Å². The molecule has 1 fully saturated rings. The molecule has 0 spiro atoms. The number of hydrogen-bond acceptors (Lipinski definition) is 4. The second-order valence-corrected chi connectivity index (χ2v) is 2.70. The van der Waals surface area contributed by atoms with Gasteiger partial charge in [-0.05, 0) is 6.92 Å². The summed E-state index contributed by atoms with van der Waals surface area (Å²) >= 11 is 0. The van der Waals surface area contributed by atoms with Crippen LogP contribution in [0.4, 0.5) is 0 Å². The molecule has 0 amide bonds. The monoisotopic (exact) mass is 172 g/mol. The molecule has 0 bridgehead atoms. The molecule has 12 heavy (non-hydrogen) atoms. The van der Waals surface area contributed by atoms with Crippen molar-refractivity contribution >= 4 is 0 Å². The Morgan fingerprint density at radius 3 is 2.67 bits per heavy atom. The van der Waals surface area contributed by atoms with Gasteiger partial charge in [0.1, 0.15) is 18.8 Å². The minimum atomic E-state index is -1.08. The molecule has 1 aliphatic rings. The molecule has 1 aliphatic heterocycles. The van der Waals surface area contributed by atoms with Crippen molar-refractivity contribution in [3.8, 4) is 12.3 Å². The van der Waals surface area contributed by atoms with Crippen molar-refractivity contribution in [2.45, 2.75) is 31.5 Å². The Morgan fingerprint density at radius 1 is 1.58 bits per heavy atom. The van der Waals surface area contributed by atoms with Gasteiger partial charge in [-0.1, -0.05) is 5.92 Å². The van der Waals surface area contributed by atoms with Crippen molar-refractivity contribution < 1.29 is 19.7 Å². The topological polar surface area (TPSA) is 58.9 Å². The lowest BCUT2D eigenvalue weighted by Gasteiger charge is -2.15. The van der Waals surface area contributed by atoms with E-state index in [4.69, 9.17) is 15.9 Å². The molecule has 0 saturated carbocycles. The lowest BCUT2D eigenvalue weighted by atomic mass is 10.1. The molecule has 68 valence electrons. The quantitative estimate of drug-likeness (QED) is 0.530. The summed E-state index contributed by atoms with van der Waals surface area (Å²) in [6.45, 7) is 1.72. The van der Waals surface area contributed by atoms with Gasteiger partial charge in [0.2, 0.25) is 0 Å². The molecule has 0 aromatic heterocycles. The van der Waals surface area contributed by atoms with Crippen molar-refractivity contribution in [2.24, 2.45) is 0 Å². The van der Waals surface area contributed by atoms with Crippen LogP contribution < -0.4 is 0 Å². The highest BCUT2D eigenvalue weighted by Crippen LogP contribution is 2.21.